The Hall–Kier alpha value is -2.47. The number of amides is 1. The minimum Gasteiger partial charge on any atom is -0.360 e. The summed E-state index contributed by atoms with van der Waals surface area (Å²) in [6.45, 7) is 3.95. The Kier molecular flexibility index (Phi) is 3.09. The van der Waals surface area contributed by atoms with Crippen LogP contribution in [0.1, 0.15) is 32.7 Å². The van der Waals surface area contributed by atoms with Gasteiger partial charge in [-0.3, -0.25) is 4.79 Å². The minimum absolute atomic E-state index is 0.159. The smallest absolute Gasteiger partial charge is 0.265 e. The molecule has 0 spiro atoms. The highest BCUT2D eigenvalue weighted by Gasteiger charge is 2.29. The summed E-state index contributed by atoms with van der Waals surface area (Å²) >= 11 is 1.38. The number of nitrogens with one attached hydrogen (secondary N) is 2. The third-order valence-corrected chi connectivity index (χ3v) is 5.02. The normalized spacial score (nSPS) is 16.8. The predicted molar refractivity (Wildman–Crippen MR) is 89.3 cm³/mol. The monoisotopic (exact) mass is 327 g/mol. The fraction of sp³-hybridized carbons (Fsp3) is 0.176. The molecule has 1 aliphatic heterocycles. The molecule has 2 N–H and O–H groups in total. The fourth-order valence-corrected chi connectivity index (χ4v) is 4.13. The summed E-state index contributed by atoms with van der Waals surface area (Å²) in [6, 6.07) is 8.23. The van der Waals surface area contributed by atoms with Crippen LogP contribution in [-0.2, 0) is 0 Å². The molecule has 0 bridgehead atoms. The van der Waals surface area contributed by atoms with Crippen LogP contribution in [-0.4, -0.2) is 10.9 Å². The molecule has 0 aliphatic carbocycles. The zero-order chi connectivity index (χ0) is 16.1. The third-order valence-electron chi connectivity index (χ3n) is 3.94. The van der Waals surface area contributed by atoms with Gasteiger partial charge in [-0.1, -0.05) is 12.1 Å². The number of rotatable bonds is 1. The zero-order valence-electron chi connectivity index (χ0n) is 12.6. The summed E-state index contributed by atoms with van der Waals surface area (Å²) in [5.41, 5.74) is 3.47. The Labute approximate surface area is 136 Å². The lowest BCUT2D eigenvalue weighted by molar-refractivity contribution is 0.0940. The second kappa shape index (κ2) is 5.03. The molecule has 1 amide bonds. The largest absolute Gasteiger partial charge is 0.360 e. The molecule has 2 aromatic heterocycles. The Balaban J connectivity index is 1.86. The average molecular weight is 327 g/mol. The molecule has 0 radical (unpaired) electrons. The van der Waals surface area contributed by atoms with Crippen molar-refractivity contribution in [3.8, 4) is 0 Å². The van der Waals surface area contributed by atoms with Gasteiger partial charge in [0.15, 0.2) is 0 Å². The van der Waals surface area contributed by atoms with Crippen molar-refractivity contribution < 1.29 is 9.18 Å². The molecule has 3 heterocycles. The number of aryl methyl sites for hydroxylation is 2. The maximum absolute atomic E-state index is 13.5. The summed E-state index contributed by atoms with van der Waals surface area (Å²) in [5, 5.41) is 7.17. The van der Waals surface area contributed by atoms with E-state index < -0.39 is 6.17 Å². The first-order valence-corrected chi connectivity index (χ1v) is 8.08. The van der Waals surface area contributed by atoms with Crippen molar-refractivity contribution >= 4 is 33.1 Å². The molecule has 1 atom stereocenters. The number of pyridine rings is 1. The van der Waals surface area contributed by atoms with Gasteiger partial charge in [0.1, 0.15) is 21.7 Å². The van der Waals surface area contributed by atoms with E-state index in [1.54, 1.807) is 12.1 Å². The van der Waals surface area contributed by atoms with E-state index in [1.807, 2.05) is 19.9 Å². The first-order valence-electron chi connectivity index (χ1n) is 7.26. The van der Waals surface area contributed by atoms with E-state index in [0.717, 1.165) is 27.2 Å². The van der Waals surface area contributed by atoms with E-state index in [-0.39, 0.29) is 11.7 Å². The number of nitrogens with zero attached hydrogens (tertiary/aromatic N) is 1. The van der Waals surface area contributed by atoms with Crippen LogP contribution in [0, 0.1) is 19.7 Å². The van der Waals surface area contributed by atoms with Crippen molar-refractivity contribution in [3.63, 3.8) is 0 Å². The van der Waals surface area contributed by atoms with E-state index in [2.05, 4.69) is 15.6 Å². The third kappa shape index (κ3) is 2.26. The lowest BCUT2D eigenvalue weighted by Gasteiger charge is -2.26. The Morgan fingerprint density at radius 2 is 2.04 bits per heavy atom. The number of hydrogen-bond donors (Lipinski definition) is 2. The van der Waals surface area contributed by atoms with Crippen LogP contribution >= 0.6 is 11.3 Å². The zero-order valence-corrected chi connectivity index (χ0v) is 13.4. The van der Waals surface area contributed by atoms with Gasteiger partial charge in [0.2, 0.25) is 0 Å². The SMILES string of the molecule is Cc1cc(C)c2c3c(sc2n1)C(=O)N[C@H](c1cccc(F)c1)N3. The summed E-state index contributed by atoms with van der Waals surface area (Å²) in [5.74, 6) is -0.485. The lowest BCUT2D eigenvalue weighted by atomic mass is 10.1. The van der Waals surface area contributed by atoms with E-state index in [1.165, 1.54) is 23.5 Å². The summed E-state index contributed by atoms with van der Waals surface area (Å²) in [7, 11) is 0. The van der Waals surface area contributed by atoms with Gasteiger partial charge >= 0.3 is 0 Å². The highest BCUT2D eigenvalue weighted by Crippen LogP contribution is 2.40. The number of carbonyl (C=O) groups is 1. The van der Waals surface area contributed by atoms with Crippen LogP contribution < -0.4 is 10.6 Å². The van der Waals surface area contributed by atoms with E-state index in [0.29, 0.717) is 10.4 Å². The van der Waals surface area contributed by atoms with Crippen molar-refractivity contribution in [2.24, 2.45) is 0 Å². The standard InChI is InChI=1S/C17H14FN3OS/c1-8-6-9(2)19-17-12(8)13-14(23-17)16(22)21-15(20-13)10-4-3-5-11(18)7-10/h3-7,15,20H,1-2H3,(H,21,22)/t15-/m1/s1. The summed E-state index contributed by atoms with van der Waals surface area (Å²) in [4.78, 5) is 18.4. The first kappa shape index (κ1) is 14.1. The van der Waals surface area contributed by atoms with Crippen molar-refractivity contribution in [3.05, 3.63) is 57.8 Å². The number of benzene rings is 1. The molecule has 116 valence electrons. The van der Waals surface area contributed by atoms with Crippen LogP contribution in [0.4, 0.5) is 10.1 Å². The fourth-order valence-electron chi connectivity index (χ4n) is 2.97. The molecule has 1 aromatic carbocycles. The molecule has 4 nitrogen and oxygen atoms in total. The van der Waals surface area contributed by atoms with E-state index in [4.69, 9.17) is 0 Å². The number of fused-ring (bicyclic) bond motifs is 3. The van der Waals surface area contributed by atoms with Crippen LogP contribution in [0.2, 0.25) is 0 Å². The Morgan fingerprint density at radius 1 is 1.22 bits per heavy atom. The number of halogens is 1. The van der Waals surface area contributed by atoms with Gasteiger partial charge in [0, 0.05) is 11.1 Å². The predicted octanol–water partition coefficient (Wildman–Crippen LogP) is 3.91. The van der Waals surface area contributed by atoms with Crippen molar-refractivity contribution in [1.82, 2.24) is 10.3 Å². The highest BCUT2D eigenvalue weighted by molar-refractivity contribution is 7.21. The summed E-state index contributed by atoms with van der Waals surface area (Å²) in [6.07, 6.45) is -0.454. The van der Waals surface area contributed by atoms with Gasteiger partial charge < -0.3 is 10.6 Å². The molecule has 3 aromatic rings. The molecule has 0 unspecified atom stereocenters. The van der Waals surface area contributed by atoms with E-state index in [9.17, 15) is 9.18 Å². The molecular formula is C17H14FN3OS. The number of thiophene rings is 1. The van der Waals surface area contributed by atoms with Gasteiger partial charge in [0.05, 0.1) is 5.69 Å². The molecule has 0 fully saturated rings. The molecule has 0 saturated carbocycles. The first-order chi connectivity index (χ1) is 11.0. The molecule has 6 heteroatoms. The van der Waals surface area contributed by atoms with Crippen LogP contribution in [0.25, 0.3) is 10.2 Å². The van der Waals surface area contributed by atoms with Crippen molar-refractivity contribution in [2.45, 2.75) is 20.0 Å². The minimum atomic E-state index is -0.454. The molecule has 0 saturated heterocycles. The van der Waals surface area contributed by atoms with Gasteiger partial charge in [-0.25, -0.2) is 9.37 Å². The maximum atomic E-state index is 13.5. The molecule has 23 heavy (non-hydrogen) atoms. The number of anilines is 1. The van der Waals surface area contributed by atoms with Gasteiger partial charge in [-0.05, 0) is 43.2 Å². The molecule has 1 aliphatic rings. The van der Waals surface area contributed by atoms with Crippen molar-refractivity contribution in [1.29, 1.82) is 0 Å². The Morgan fingerprint density at radius 3 is 2.83 bits per heavy atom. The average Bonchev–Trinajstić information content (AvgIpc) is 2.86. The van der Waals surface area contributed by atoms with Crippen LogP contribution in [0.3, 0.4) is 0 Å². The number of hydrogen-bond acceptors (Lipinski definition) is 4. The molecular weight excluding hydrogens is 313 g/mol. The van der Waals surface area contributed by atoms with Gasteiger partial charge in [-0.15, -0.1) is 11.3 Å². The maximum Gasteiger partial charge on any atom is 0.265 e. The lowest BCUT2D eigenvalue weighted by Crippen LogP contribution is -2.37. The quantitative estimate of drug-likeness (QED) is 0.712. The Bertz CT molecular complexity index is 950. The topological polar surface area (TPSA) is 54.0 Å². The summed E-state index contributed by atoms with van der Waals surface area (Å²) < 4.78 is 13.5. The second-order valence-corrected chi connectivity index (χ2v) is 6.67. The number of aromatic nitrogens is 1. The van der Waals surface area contributed by atoms with Crippen LogP contribution in [0.5, 0.6) is 0 Å². The van der Waals surface area contributed by atoms with Gasteiger partial charge in [-0.2, -0.15) is 0 Å². The van der Waals surface area contributed by atoms with E-state index >= 15 is 0 Å². The second-order valence-electron chi connectivity index (χ2n) is 5.67. The van der Waals surface area contributed by atoms with Crippen molar-refractivity contribution in [2.75, 3.05) is 5.32 Å². The van der Waals surface area contributed by atoms with Crippen LogP contribution in [0.15, 0.2) is 30.3 Å². The number of carbonyl (C=O) groups excluding carboxylic acids is 1. The molecule has 4 rings (SSSR count). The highest BCUT2D eigenvalue weighted by atomic mass is 32.1. The van der Waals surface area contributed by atoms with Gasteiger partial charge in [0.25, 0.3) is 5.91 Å².